The summed E-state index contributed by atoms with van der Waals surface area (Å²) in [6.45, 7) is 0. The Morgan fingerprint density at radius 1 is 0.824 bits per heavy atom. The van der Waals surface area contributed by atoms with Gasteiger partial charge in [0.25, 0.3) is 0 Å². The molecule has 2 rings (SSSR count). The van der Waals surface area contributed by atoms with Gasteiger partial charge < -0.3 is 23.3 Å². The van der Waals surface area contributed by atoms with Crippen LogP contribution in [0.2, 0.25) is 11.1 Å². The van der Waals surface area contributed by atoms with E-state index in [1.807, 2.05) is 12.2 Å². The van der Waals surface area contributed by atoms with E-state index in [9.17, 15) is 19.2 Å². The van der Waals surface area contributed by atoms with Crippen molar-refractivity contribution in [3.63, 3.8) is 0 Å². The molecule has 0 heterocycles. The second-order valence-corrected chi connectivity index (χ2v) is 9.58. The van der Waals surface area contributed by atoms with E-state index < -0.39 is 28.7 Å². The molecule has 7 heteroatoms. The molecule has 0 bridgehead atoms. The lowest BCUT2D eigenvalue weighted by Gasteiger charge is -2.31. The topological polar surface area (TPSA) is 90.2 Å². The highest BCUT2D eigenvalue weighted by Crippen LogP contribution is 2.36. The summed E-state index contributed by atoms with van der Waals surface area (Å²) in [6.07, 6.45) is 9.86. The zero-order chi connectivity index (χ0) is 12.5. The highest BCUT2D eigenvalue weighted by Gasteiger charge is 2.53. The van der Waals surface area contributed by atoms with E-state index in [0.29, 0.717) is 12.8 Å². The molecule has 0 amide bonds. The molecule has 0 aromatic heterocycles. The molecule has 2 atom stereocenters. The first kappa shape index (κ1) is 13.2. The molecular weight excluding hydrogens is 256 g/mol. The first-order valence-corrected chi connectivity index (χ1v) is 9.61. The summed E-state index contributed by atoms with van der Waals surface area (Å²) < 4.78 is 4.99. The fourth-order valence-corrected chi connectivity index (χ4v) is 7.10. The van der Waals surface area contributed by atoms with Crippen LogP contribution in [0.4, 0.5) is 0 Å². The molecule has 5 nitrogen and oxygen atoms in total. The quantitative estimate of drug-likeness (QED) is 0.437. The Kier molecular flexibility index (Phi) is 3.69. The van der Waals surface area contributed by atoms with Gasteiger partial charge in [-0.3, -0.25) is 0 Å². The van der Waals surface area contributed by atoms with E-state index in [1.54, 1.807) is 12.2 Å². The highest BCUT2D eigenvalue weighted by atomic mass is 28.5. The molecule has 2 aliphatic carbocycles. The summed E-state index contributed by atoms with van der Waals surface area (Å²) in [5, 5.41) is 0. The maximum atomic E-state index is 9.92. The molecule has 0 radical (unpaired) electrons. The lowest BCUT2D eigenvalue weighted by Crippen LogP contribution is -2.56. The van der Waals surface area contributed by atoms with Crippen molar-refractivity contribution in [2.45, 2.75) is 36.8 Å². The average Bonchev–Trinajstić information content (AvgIpc) is 2.91. The molecule has 0 fully saturated rings. The minimum atomic E-state index is -4.03. The summed E-state index contributed by atoms with van der Waals surface area (Å²) >= 11 is 0. The van der Waals surface area contributed by atoms with Gasteiger partial charge in [0, 0.05) is 11.1 Å². The molecule has 0 spiro atoms. The number of hydrogen-bond donors (Lipinski definition) is 4. The summed E-state index contributed by atoms with van der Waals surface area (Å²) in [4.78, 5) is 39.7. The molecule has 2 unspecified atom stereocenters. The Balaban J connectivity index is 2.02. The van der Waals surface area contributed by atoms with Crippen molar-refractivity contribution in [1.82, 2.24) is 0 Å². The van der Waals surface area contributed by atoms with E-state index in [-0.39, 0.29) is 0 Å². The van der Waals surface area contributed by atoms with E-state index in [1.165, 1.54) is 0 Å². The third-order valence-electron chi connectivity index (χ3n) is 3.29. The maximum Gasteiger partial charge on any atom is 0.495 e. The van der Waals surface area contributed by atoms with Crippen molar-refractivity contribution in [3.05, 3.63) is 24.3 Å². The predicted molar refractivity (Wildman–Crippen MR) is 65.7 cm³/mol. The van der Waals surface area contributed by atoms with Crippen LogP contribution in [-0.2, 0) is 4.12 Å². The van der Waals surface area contributed by atoms with Crippen LogP contribution in [0.1, 0.15) is 25.7 Å². The Morgan fingerprint density at radius 3 is 1.53 bits per heavy atom. The summed E-state index contributed by atoms with van der Waals surface area (Å²) in [5.74, 6) is 0. The SMILES string of the molecule is O[Si](O)(O[Si](O)(O)C1C=CCC1)C1C=CCC1. The molecule has 0 aliphatic heterocycles. The van der Waals surface area contributed by atoms with E-state index in [2.05, 4.69) is 0 Å². The maximum absolute atomic E-state index is 9.92. The van der Waals surface area contributed by atoms with Gasteiger partial charge >= 0.3 is 17.6 Å². The lowest BCUT2D eigenvalue weighted by atomic mass is 10.4. The Morgan fingerprint density at radius 2 is 1.24 bits per heavy atom. The molecular formula is C10H18O5Si2. The molecule has 2 aliphatic rings. The zero-order valence-corrected chi connectivity index (χ0v) is 11.5. The molecule has 96 valence electrons. The summed E-state index contributed by atoms with van der Waals surface area (Å²) in [7, 11) is -8.06. The molecule has 0 aromatic carbocycles. The number of allylic oxidation sites excluding steroid dienone is 4. The molecule has 0 saturated carbocycles. The molecule has 17 heavy (non-hydrogen) atoms. The largest absolute Gasteiger partial charge is 0.495 e. The molecule has 0 aromatic rings. The second kappa shape index (κ2) is 4.77. The van der Waals surface area contributed by atoms with Crippen LogP contribution < -0.4 is 0 Å². The van der Waals surface area contributed by atoms with Gasteiger partial charge in [-0.25, -0.2) is 0 Å². The van der Waals surface area contributed by atoms with Crippen molar-refractivity contribution in [3.8, 4) is 0 Å². The van der Waals surface area contributed by atoms with Gasteiger partial charge in [-0.1, -0.05) is 24.3 Å². The van der Waals surface area contributed by atoms with Gasteiger partial charge in [-0.15, -0.1) is 0 Å². The van der Waals surface area contributed by atoms with Crippen molar-refractivity contribution in [2.24, 2.45) is 0 Å². The van der Waals surface area contributed by atoms with Crippen molar-refractivity contribution < 1.29 is 23.3 Å². The normalized spacial score (nSPS) is 29.2. The van der Waals surface area contributed by atoms with Crippen molar-refractivity contribution >= 4 is 17.6 Å². The van der Waals surface area contributed by atoms with Gasteiger partial charge in [0.2, 0.25) is 0 Å². The standard InChI is InChI=1S/C10H18O5Si2/c11-16(12,9-5-1-2-6-9)15-17(13,14)10-7-3-4-8-10/h1,3,5,7,9-14H,2,4,6,8H2. The molecule has 0 saturated heterocycles. The average molecular weight is 274 g/mol. The minimum absolute atomic E-state index is 0.459. The Labute approximate surface area is 102 Å². The lowest BCUT2D eigenvalue weighted by molar-refractivity contribution is 0.143. The van der Waals surface area contributed by atoms with Crippen LogP contribution in [0.5, 0.6) is 0 Å². The summed E-state index contributed by atoms with van der Waals surface area (Å²) in [6, 6.07) is 0. The van der Waals surface area contributed by atoms with Crippen LogP contribution >= 0.6 is 0 Å². The van der Waals surface area contributed by atoms with Crippen molar-refractivity contribution in [1.29, 1.82) is 0 Å². The van der Waals surface area contributed by atoms with Crippen LogP contribution in [-0.4, -0.2) is 36.8 Å². The van der Waals surface area contributed by atoms with Crippen molar-refractivity contribution in [2.75, 3.05) is 0 Å². The highest BCUT2D eigenvalue weighted by molar-refractivity contribution is 6.74. The van der Waals surface area contributed by atoms with Crippen LogP contribution in [0, 0.1) is 0 Å². The Hall–Kier alpha value is -0.286. The summed E-state index contributed by atoms with van der Waals surface area (Å²) in [5.41, 5.74) is -0.918. The third kappa shape index (κ3) is 2.94. The van der Waals surface area contributed by atoms with Crippen LogP contribution in [0.15, 0.2) is 24.3 Å². The smallest absolute Gasteiger partial charge is 0.390 e. The second-order valence-electron chi connectivity index (χ2n) is 4.64. The van der Waals surface area contributed by atoms with E-state index in [4.69, 9.17) is 4.12 Å². The first-order valence-electron chi connectivity index (χ1n) is 5.85. The van der Waals surface area contributed by atoms with Crippen LogP contribution in [0.3, 0.4) is 0 Å². The fourth-order valence-electron chi connectivity index (χ4n) is 2.26. The third-order valence-corrected chi connectivity index (χ3v) is 8.59. The van der Waals surface area contributed by atoms with Gasteiger partial charge in [0.05, 0.1) is 0 Å². The first-order chi connectivity index (χ1) is 7.92. The fraction of sp³-hybridized carbons (Fsp3) is 0.600. The van der Waals surface area contributed by atoms with Gasteiger partial charge in [0.1, 0.15) is 0 Å². The van der Waals surface area contributed by atoms with E-state index >= 15 is 0 Å². The number of rotatable bonds is 4. The predicted octanol–water partition coefficient (Wildman–Crippen LogP) is 0.290. The van der Waals surface area contributed by atoms with Crippen LogP contribution in [0.25, 0.3) is 0 Å². The zero-order valence-electron chi connectivity index (χ0n) is 9.49. The Bertz CT molecular complexity index is 308. The van der Waals surface area contributed by atoms with Gasteiger partial charge in [-0.05, 0) is 25.7 Å². The monoisotopic (exact) mass is 274 g/mol. The van der Waals surface area contributed by atoms with Gasteiger partial charge in [-0.2, -0.15) is 0 Å². The minimum Gasteiger partial charge on any atom is -0.390 e. The number of hydrogen-bond acceptors (Lipinski definition) is 5. The van der Waals surface area contributed by atoms with E-state index in [0.717, 1.165) is 12.8 Å². The molecule has 4 N–H and O–H groups in total. The van der Waals surface area contributed by atoms with Gasteiger partial charge in [0.15, 0.2) is 0 Å².